The molecule has 0 fully saturated rings. The van der Waals surface area contributed by atoms with Crippen LogP contribution in [-0.2, 0) is 13.6 Å². The first-order valence-electron chi connectivity index (χ1n) is 5.43. The van der Waals surface area contributed by atoms with Gasteiger partial charge in [-0.2, -0.15) is 0 Å². The minimum Gasteiger partial charge on any atom is -0.398 e. The molecule has 0 N–H and O–H groups in total. The van der Waals surface area contributed by atoms with E-state index in [1.807, 2.05) is 14.1 Å². The fraction of sp³-hybridized carbons (Fsp3) is 1.00. The quantitative estimate of drug-likeness (QED) is 0.445. The van der Waals surface area contributed by atoms with E-state index in [0.29, 0.717) is 0 Å². The molecule has 0 aliphatic heterocycles. The van der Waals surface area contributed by atoms with E-state index in [0.717, 1.165) is 31.8 Å². The second-order valence-corrected chi connectivity index (χ2v) is 7.68. The molecule has 0 heterocycles. The highest BCUT2D eigenvalue weighted by Gasteiger charge is 2.32. The zero-order chi connectivity index (χ0) is 11.7. The summed E-state index contributed by atoms with van der Waals surface area (Å²) in [6.07, 6.45) is 0. The molecule has 0 radical (unpaired) electrons. The van der Waals surface area contributed by atoms with Gasteiger partial charge in [0.2, 0.25) is 0 Å². The van der Waals surface area contributed by atoms with Crippen LogP contribution in [-0.4, -0.2) is 61.5 Å². The lowest BCUT2D eigenvalue weighted by Crippen LogP contribution is -2.40. The van der Waals surface area contributed by atoms with Gasteiger partial charge in [-0.15, -0.1) is 0 Å². The van der Waals surface area contributed by atoms with Gasteiger partial charge < -0.3 is 18.5 Å². The van der Waals surface area contributed by atoms with E-state index in [4.69, 9.17) is 13.6 Å². The molecule has 0 aliphatic rings. The van der Waals surface area contributed by atoms with Crippen LogP contribution in [0.3, 0.4) is 0 Å². The molecule has 0 unspecified atom stereocenters. The predicted molar refractivity (Wildman–Crippen MR) is 64.4 cm³/mol. The minimum absolute atomic E-state index is 0.732. The smallest absolute Gasteiger partial charge is 0.339 e. The zero-order valence-corrected chi connectivity index (χ0v) is 11.7. The Balaban J connectivity index is 3.63. The second kappa shape index (κ2) is 8.24. The van der Waals surface area contributed by atoms with E-state index in [1.54, 1.807) is 14.2 Å². The molecule has 4 nitrogen and oxygen atoms in total. The van der Waals surface area contributed by atoms with E-state index in [2.05, 4.69) is 11.8 Å². The molecule has 15 heavy (non-hydrogen) atoms. The Kier molecular flexibility index (Phi) is 8.27. The maximum Gasteiger partial charge on any atom is 0.339 e. The molecule has 0 aromatic heterocycles. The normalized spacial score (nSPS) is 12.4. The van der Waals surface area contributed by atoms with Crippen LogP contribution in [0.4, 0.5) is 0 Å². The number of ether oxygens (including phenoxy) is 1. The van der Waals surface area contributed by atoms with Crippen molar-refractivity contribution in [3.63, 3.8) is 0 Å². The van der Waals surface area contributed by atoms with Gasteiger partial charge in [-0.1, -0.05) is 6.92 Å². The summed E-state index contributed by atoms with van der Waals surface area (Å²) in [5, 5.41) is 0. The molecule has 0 atom stereocenters. The standard InChI is InChI=1S/C10H25NO3Si/c1-6-15(12-4,13-5)10-9-14-8-7-11(2)3/h6-10H2,1-5H3. The third-order valence-electron chi connectivity index (χ3n) is 2.59. The molecule has 0 aromatic rings. The summed E-state index contributed by atoms with van der Waals surface area (Å²) in [6, 6.07) is 1.88. The molecule has 0 saturated heterocycles. The van der Waals surface area contributed by atoms with Crippen molar-refractivity contribution in [2.75, 3.05) is 48.1 Å². The van der Waals surface area contributed by atoms with E-state index in [1.165, 1.54) is 0 Å². The van der Waals surface area contributed by atoms with Crippen LogP contribution in [0.1, 0.15) is 6.92 Å². The first-order valence-corrected chi connectivity index (χ1v) is 7.66. The summed E-state index contributed by atoms with van der Waals surface area (Å²) in [4.78, 5) is 2.11. The first-order chi connectivity index (χ1) is 7.10. The Bertz CT molecular complexity index is 143. The molecular formula is C10H25NO3Si. The number of hydrogen-bond donors (Lipinski definition) is 0. The van der Waals surface area contributed by atoms with Crippen molar-refractivity contribution in [1.29, 1.82) is 0 Å². The molecule has 0 spiro atoms. The molecule has 0 aliphatic carbocycles. The maximum atomic E-state index is 5.54. The molecule has 0 bridgehead atoms. The van der Waals surface area contributed by atoms with Crippen LogP contribution in [0, 0.1) is 0 Å². The van der Waals surface area contributed by atoms with Gasteiger partial charge in [-0.05, 0) is 20.1 Å². The Hall–Kier alpha value is 0.0569. The van der Waals surface area contributed by atoms with Gasteiger partial charge in [-0.25, -0.2) is 0 Å². The molecule has 5 heteroatoms. The third-order valence-corrected chi connectivity index (χ3v) is 6.12. The van der Waals surface area contributed by atoms with Crippen LogP contribution in [0.5, 0.6) is 0 Å². The molecule has 0 aromatic carbocycles. The van der Waals surface area contributed by atoms with Gasteiger partial charge in [0.05, 0.1) is 6.61 Å². The number of nitrogens with zero attached hydrogens (tertiary/aromatic N) is 1. The summed E-state index contributed by atoms with van der Waals surface area (Å²) in [6.45, 7) is 4.57. The zero-order valence-electron chi connectivity index (χ0n) is 10.7. The highest BCUT2D eigenvalue weighted by Crippen LogP contribution is 2.16. The summed E-state index contributed by atoms with van der Waals surface area (Å²) in [7, 11) is 5.62. The van der Waals surface area contributed by atoms with E-state index in [9.17, 15) is 0 Å². The van der Waals surface area contributed by atoms with Crippen LogP contribution in [0.25, 0.3) is 0 Å². The summed E-state index contributed by atoms with van der Waals surface area (Å²) >= 11 is 0. The van der Waals surface area contributed by atoms with Crippen molar-refractivity contribution in [3.8, 4) is 0 Å². The average molecular weight is 235 g/mol. The van der Waals surface area contributed by atoms with Crippen molar-refractivity contribution in [3.05, 3.63) is 0 Å². The lowest BCUT2D eigenvalue weighted by atomic mass is 10.6. The number of rotatable bonds is 9. The molecule has 0 amide bonds. The van der Waals surface area contributed by atoms with Crippen LogP contribution in [0.15, 0.2) is 0 Å². The Morgan fingerprint density at radius 1 is 1.07 bits per heavy atom. The summed E-state index contributed by atoms with van der Waals surface area (Å²) in [5.41, 5.74) is 0. The van der Waals surface area contributed by atoms with Crippen LogP contribution < -0.4 is 0 Å². The third kappa shape index (κ3) is 6.27. The van der Waals surface area contributed by atoms with Crippen molar-refractivity contribution in [2.45, 2.75) is 19.0 Å². The predicted octanol–water partition coefficient (Wildman–Crippen LogP) is 1.32. The second-order valence-electron chi connectivity index (χ2n) is 3.84. The van der Waals surface area contributed by atoms with Crippen LogP contribution in [0.2, 0.25) is 12.1 Å². The topological polar surface area (TPSA) is 30.9 Å². The SMILES string of the molecule is CC[Si](CCOCCN(C)C)(OC)OC. The van der Waals surface area contributed by atoms with Crippen molar-refractivity contribution < 1.29 is 13.6 Å². The minimum atomic E-state index is -1.93. The molecular weight excluding hydrogens is 210 g/mol. The van der Waals surface area contributed by atoms with Crippen LogP contribution >= 0.6 is 0 Å². The maximum absolute atomic E-state index is 5.54. The molecule has 92 valence electrons. The van der Waals surface area contributed by atoms with Crippen molar-refractivity contribution in [1.82, 2.24) is 4.90 Å². The van der Waals surface area contributed by atoms with Gasteiger partial charge in [-0.3, -0.25) is 0 Å². The fourth-order valence-corrected chi connectivity index (χ4v) is 3.29. The monoisotopic (exact) mass is 235 g/mol. The largest absolute Gasteiger partial charge is 0.398 e. The van der Waals surface area contributed by atoms with Gasteiger partial charge in [0.25, 0.3) is 0 Å². The Morgan fingerprint density at radius 2 is 1.67 bits per heavy atom. The van der Waals surface area contributed by atoms with Crippen molar-refractivity contribution in [2.24, 2.45) is 0 Å². The first kappa shape index (κ1) is 15.1. The lowest BCUT2D eigenvalue weighted by Gasteiger charge is -2.25. The fourth-order valence-electron chi connectivity index (χ4n) is 1.33. The van der Waals surface area contributed by atoms with Gasteiger partial charge in [0.15, 0.2) is 0 Å². The van der Waals surface area contributed by atoms with Crippen molar-refractivity contribution >= 4 is 8.56 Å². The summed E-state index contributed by atoms with van der Waals surface area (Å²) < 4.78 is 16.5. The summed E-state index contributed by atoms with van der Waals surface area (Å²) in [5.74, 6) is 0. The highest BCUT2D eigenvalue weighted by molar-refractivity contribution is 6.67. The highest BCUT2D eigenvalue weighted by atomic mass is 28.4. The van der Waals surface area contributed by atoms with Gasteiger partial charge in [0, 0.05) is 33.4 Å². The number of likely N-dealkylation sites (N-methyl/N-ethyl adjacent to an activating group) is 1. The van der Waals surface area contributed by atoms with E-state index >= 15 is 0 Å². The Labute approximate surface area is 94.8 Å². The average Bonchev–Trinajstić information content (AvgIpc) is 2.24. The van der Waals surface area contributed by atoms with Gasteiger partial charge in [0.1, 0.15) is 0 Å². The van der Waals surface area contributed by atoms with E-state index < -0.39 is 8.56 Å². The van der Waals surface area contributed by atoms with Gasteiger partial charge >= 0.3 is 8.56 Å². The molecule has 0 saturated carbocycles. The lowest BCUT2D eigenvalue weighted by molar-refractivity contribution is 0.120. The molecule has 0 rings (SSSR count). The number of hydrogen-bond acceptors (Lipinski definition) is 4. The Morgan fingerprint density at radius 3 is 2.07 bits per heavy atom. The van der Waals surface area contributed by atoms with E-state index in [-0.39, 0.29) is 0 Å².